The van der Waals surface area contributed by atoms with Gasteiger partial charge in [-0.3, -0.25) is 15.0 Å². The minimum Gasteiger partial charge on any atom is -0.395 e. The fourth-order valence-corrected chi connectivity index (χ4v) is 7.03. The molecule has 0 spiro atoms. The van der Waals surface area contributed by atoms with Gasteiger partial charge in [-0.05, 0) is 71.8 Å². The number of nitrogens with one attached hydrogen (secondary N) is 4. The Morgan fingerprint density at radius 3 is 1.62 bits per heavy atom. The van der Waals surface area contributed by atoms with Gasteiger partial charge in [0.15, 0.2) is 0 Å². The van der Waals surface area contributed by atoms with Gasteiger partial charge in [-0.15, -0.1) is 8.67 Å². The number of nitrogens with zero attached hydrogens (tertiary/aromatic N) is 8. The molecule has 0 amide bonds. The zero-order chi connectivity index (χ0) is 45.5. The maximum Gasteiger partial charge on any atom is 0.295 e. The summed E-state index contributed by atoms with van der Waals surface area (Å²) in [7, 11) is -4.86. The lowest BCUT2D eigenvalue weighted by molar-refractivity contribution is -0.432. The molecule has 64 heavy (non-hydrogen) atoms. The third-order valence-electron chi connectivity index (χ3n) is 8.16. The van der Waals surface area contributed by atoms with E-state index < -0.39 is 21.0 Å². The number of benzene rings is 4. The molecular weight excluding hydrogens is 905 g/mol. The summed E-state index contributed by atoms with van der Waals surface area (Å²) >= 11 is 1.33. The monoisotopic (exact) mass is 940 g/mol. The van der Waals surface area contributed by atoms with Crippen LogP contribution in [0.2, 0.25) is 0 Å². The highest BCUT2D eigenvalue weighted by Gasteiger charge is 2.19. The van der Waals surface area contributed by atoms with Crippen molar-refractivity contribution >= 4 is 105 Å². The van der Waals surface area contributed by atoms with E-state index in [1.54, 1.807) is 47.4 Å². The SMILES string of the molecule is O=S(=O)(O)c1cc(Nc2nc(Nc3ccc(SOOO)cc3)nc(N(O)O)n2)ccc1/C=C/c1ccc(Nc2nc(Nc3ccccc3)nc(N(CCO)CCO)n2)cc1SOOO. The van der Waals surface area contributed by atoms with Gasteiger partial charge in [0, 0.05) is 45.6 Å². The van der Waals surface area contributed by atoms with Crippen LogP contribution in [0, 0.1) is 0 Å². The maximum atomic E-state index is 12.7. The number of anilines is 10. The molecule has 0 aliphatic rings. The third kappa shape index (κ3) is 13.6. The van der Waals surface area contributed by atoms with Crippen LogP contribution in [0.3, 0.4) is 0 Å². The molecule has 2 aromatic heterocycles. The van der Waals surface area contributed by atoms with Crippen molar-refractivity contribution in [1.82, 2.24) is 29.9 Å². The first-order valence-corrected chi connectivity index (χ1v) is 21.0. The van der Waals surface area contributed by atoms with Crippen LogP contribution in [0.15, 0.2) is 106 Å². The van der Waals surface area contributed by atoms with Crippen LogP contribution in [0.25, 0.3) is 12.2 Å². The number of aliphatic hydroxyl groups is 2. The number of aromatic nitrogens is 6. The molecular formula is C36H36N12O13S3. The van der Waals surface area contributed by atoms with Crippen molar-refractivity contribution in [3.05, 3.63) is 102 Å². The summed E-state index contributed by atoms with van der Waals surface area (Å²) in [5.41, 5.74) is 2.05. The molecule has 2 heterocycles. The van der Waals surface area contributed by atoms with Crippen LogP contribution in [-0.2, 0) is 28.9 Å². The molecule has 25 nitrogen and oxygen atoms in total. The first-order valence-electron chi connectivity index (χ1n) is 18.1. The lowest BCUT2D eigenvalue weighted by atomic mass is 10.1. The fraction of sp³-hybridized carbons (Fsp3) is 0.111. The highest BCUT2D eigenvalue weighted by molar-refractivity contribution is 7.94. The third-order valence-corrected chi connectivity index (χ3v) is 10.3. The van der Waals surface area contributed by atoms with Crippen molar-refractivity contribution in [3.8, 4) is 0 Å². The van der Waals surface area contributed by atoms with Crippen LogP contribution in [-0.4, -0.2) is 100 Å². The van der Waals surface area contributed by atoms with Crippen molar-refractivity contribution in [2.24, 2.45) is 0 Å². The van der Waals surface area contributed by atoms with Crippen molar-refractivity contribution in [3.63, 3.8) is 0 Å². The lowest BCUT2D eigenvalue weighted by Gasteiger charge is -2.21. The first-order chi connectivity index (χ1) is 30.9. The Hall–Kier alpha value is -6.35. The van der Waals surface area contributed by atoms with E-state index in [1.807, 2.05) is 30.3 Å². The molecule has 28 heteroatoms. The predicted octanol–water partition coefficient (Wildman–Crippen LogP) is 5.68. The Bertz CT molecular complexity index is 2620. The van der Waals surface area contributed by atoms with Gasteiger partial charge in [-0.25, -0.2) is 10.5 Å². The highest BCUT2D eigenvalue weighted by Crippen LogP contribution is 2.32. The van der Waals surface area contributed by atoms with Gasteiger partial charge in [0.2, 0.25) is 29.7 Å². The summed E-state index contributed by atoms with van der Waals surface area (Å²) in [6.07, 6.45) is 2.89. The van der Waals surface area contributed by atoms with E-state index >= 15 is 0 Å². The van der Waals surface area contributed by atoms with Gasteiger partial charge in [0.25, 0.3) is 16.1 Å². The van der Waals surface area contributed by atoms with Gasteiger partial charge in [0.1, 0.15) is 4.90 Å². The average molecular weight is 941 g/mol. The minimum absolute atomic E-state index is 0.0325. The topological polar surface area (TPSA) is 345 Å². The molecule has 336 valence electrons. The largest absolute Gasteiger partial charge is 0.395 e. The summed E-state index contributed by atoms with van der Waals surface area (Å²) in [5, 5.41) is 74.8. The molecule has 0 bridgehead atoms. The van der Waals surface area contributed by atoms with Gasteiger partial charge < -0.3 is 36.4 Å². The molecule has 0 saturated heterocycles. The van der Waals surface area contributed by atoms with Crippen molar-refractivity contribution in [1.29, 1.82) is 0 Å². The number of rotatable bonds is 23. The second kappa shape index (κ2) is 22.8. The van der Waals surface area contributed by atoms with E-state index in [0.29, 0.717) is 44.5 Å². The zero-order valence-corrected chi connectivity index (χ0v) is 35.0. The van der Waals surface area contributed by atoms with E-state index in [9.17, 15) is 33.6 Å². The Morgan fingerprint density at radius 2 is 1.08 bits per heavy atom. The Balaban J connectivity index is 1.25. The first kappa shape index (κ1) is 47.1. The molecule has 0 radical (unpaired) electrons. The number of hydrogen-bond donors (Lipinski definition) is 11. The second-order valence-electron chi connectivity index (χ2n) is 12.4. The van der Waals surface area contributed by atoms with Crippen molar-refractivity contribution < 1.29 is 62.9 Å². The van der Waals surface area contributed by atoms with Gasteiger partial charge >= 0.3 is 0 Å². The van der Waals surface area contributed by atoms with Crippen molar-refractivity contribution in [2.75, 3.05) is 57.7 Å². The highest BCUT2D eigenvalue weighted by atomic mass is 32.2. The molecule has 6 aromatic rings. The molecule has 0 aliphatic carbocycles. The molecule has 0 saturated carbocycles. The van der Waals surface area contributed by atoms with Crippen LogP contribution >= 0.6 is 24.1 Å². The summed E-state index contributed by atoms with van der Waals surface area (Å²) in [4.78, 5) is 27.4. The standard InChI is InChI=1S/C36H36N12O13S3/c49-18-16-47(17-19-50)35-43-31(37-24-4-2-1-3-5-24)41-33(44-35)39-26-10-8-22(29(20-26)63-61-59-54)6-7-23-9-11-27(21-30(23)64(55,56)57)40-34-42-32(45-36(46-34)48(51)52)38-25-12-14-28(15-13-25)62-60-58-53/h1-15,20-21,49-54H,16-19H2,(H,55,56,57)(H2,37,39,41,43,44)(H2,38,40,42,45,46)/b7-6+. The van der Waals surface area contributed by atoms with Gasteiger partial charge in [0.05, 0.1) is 37.3 Å². The van der Waals surface area contributed by atoms with E-state index in [1.165, 1.54) is 24.3 Å². The van der Waals surface area contributed by atoms with Gasteiger partial charge in [-0.1, -0.05) is 57.8 Å². The van der Waals surface area contributed by atoms with E-state index in [0.717, 1.165) is 18.1 Å². The van der Waals surface area contributed by atoms with Gasteiger partial charge in [-0.2, -0.15) is 38.3 Å². The summed E-state index contributed by atoms with van der Waals surface area (Å²) in [6.45, 7) is -0.223. The van der Waals surface area contributed by atoms with E-state index in [-0.39, 0.29) is 72.5 Å². The molecule has 0 aliphatic heterocycles. The Morgan fingerprint density at radius 1 is 0.594 bits per heavy atom. The summed E-state index contributed by atoms with van der Waals surface area (Å²) in [6, 6.07) is 24.2. The van der Waals surface area contributed by atoms with E-state index in [2.05, 4.69) is 65.6 Å². The van der Waals surface area contributed by atoms with E-state index in [4.69, 9.17) is 14.8 Å². The molecule has 0 fully saturated rings. The Kier molecular flexibility index (Phi) is 16.8. The molecule has 11 N–H and O–H groups in total. The summed E-state index contributed by atoms with van der Waals surface area (Å²) < 4.78 is 44.7. The van der Waals surface area contributed by atoms with Crippen LogP contribution in [0.5, 0.6) is 0 Å². The maximum absolute atomic E-state index is 12.7. The summed E-state index contributed by atoms with van der Waals surface area (Å²) in [5.74, 6) is -0.662. The lowest BCUT2D eigenvalue weighted by Crippen LogP contribution is -2.31. The van der Waals surface area contributed by atoms with Crippen molar-refractivity contribution in [2.45, 2.75) is 14.7 Å². The normalized spacial score (nSPS) is 11.4. The number of para-hydroxylation sites is 1. The minimum atomic E-state index is -4.86. The predicted molar refractivity (Wildman–Crippen MR) is 231 cm³/mol. The fourth-order valence-electron chi connectivity index (χ4n) is 5.45. The smallest absolute Gasteiger partial charge is 0.295 e. The Labute approximate surface area is 370 Å². The molecule has 4 aromatic carbocycles. The second-order valence-corrected chi connectivity index (χ2v) is 15.4. The van der Waals surface area contributed by atoms with Crippen LogP contribution in [0.1, 0.15) is 11.1 Å². The number of aliphatic hydroxyl groups excluding tert-OH is 2. The average Bonchev–Trinajstić information content (AvgIpc) is 3.27. The quantitative estimate of drug-likeness (QED) is 0.0121. The molecule has 6 rings (SSSR count). The zero-order valence-electron chi connectivity index (χ0n) is 32.5. The molecule has 0 atom stereocenters. The van der Waals surface area contributed by atoms with Crippen LogP contribution in [0.4, 0.5) is 58.4 Å². The molecule has 0 unspecified atom stereocenters. The van der Waals surface area contributed by atoms with Crippen LogP contribution < -0.4 is 31.4 Å². The number of hydrogen-bond acceptors (Lipinski definition) is 26.